The lowest BCUT2D eigenvalue weighted by Gasteiger charge is -2.33. The number of amides is 2. The number of benzene rings is 4. The normalized spacial score (nSPS) is 11.7. The van der Waals surface area contributed by atoms with Crippen LogP contribution in [0.5, 0.6) is 5.75 Å². The number of sulfonamides is 1. The minimum atomic E-state index is -4.38. The van der Waals surface area contributed by atoms with E-state index in [0.717, 1.165) is 15.9 Å². The molecular weight excluding hydrogens is 584 g/mol. The van der Waals surface area contributed by atoms with E-state index in [9.17, 15) is 28.1 Å². The predicted molar refractivity (Wildman–Crippen MR) is 166 cm³/mol. The molecule has 0 bridgehead atoms. The van der Waals surface area contributed by atoms with Crippen LogP contribution >= 0.6 is 0 Å². The summed E-state index contributed by atoms with van der Waals surface area (Å²) in [6.45, 7) is -0.778. The summed E-state index contributed by atoms with van der Waals surface area (Å²) in [5.74, 6) is -0.597. The van der Waals surface area contributed by atoms with Gasteiger partial charge in [0.15, 0.2) is 0 Å². The molecule has 0 aliphatic heterocycles. The highest BCUT2D eigenvalue weighted by Gasteiger charge is 2.34. The highest BCUT2D eigenvalue weighted by Crippen LogP contribution is 2.28. The molecule has 0 radical (unpaired) electrons. The minimum Gasteiger partial charge on any atom is -0.497 e. The standard InChI is InChI=1S/C32H32N4O7S/c1-33-32(38)30(20-24-11-5-3-6-12-24)34(22-25-13-9-16-28(19-25)43-2)31(37)23-35(26-14-10-15-27(21-26)36(39)40)44(41,42)29-17-7-4-8-18-29/h3-19,21,30H,20,22-23H2,1-2H3,(H,33,38)/t30-/m0/s1. The van der Waals surface area contributed by atoms with Crippen LogP contribution in [-0.2, 0) is 32.6 Å². The van der Waals surface area contributed by atoms with Gasteiger partial charge in [0.1, 0.15) is 18.3 Å². The highest BCUT2D eigenvalue weighted by molar-refractivity contribution is 7.92. The summed E-state index contributed by atoms with van der Waals surface area (Å²) in [6, 6.07) is 27.6. The smallest absolute Gasteiger partial charge is 0.271 e. The van der Waals surface area contributed by atoms with Crippen LogP contribution in [0.3, 0.4) is 0 Å². The topological polar surface area (TPSA) is 139 Å². The maximum absolute atomic E-state index is 14.3. The second-order valence-electron chi connectivity index (χ2n) is 9.79. The number of hydrogen-bond acceptors (Lipinski definition) is 7. The van der Waals surface area contributed by atoms with Crippen molar-refractivity contribution in [3.05, 3.63) is 130 Å². The molecule has 0 spiro atoms. The number of hydrogen-bond donors (Lipinski definition) is 1. The first kappa shape index (κ1) is 31.7. The molecule has 0 saturated carbocycles. The molecule has 4 aromatic carbocycles. The van der Waals surface area contributed by atoms with Gasteiger partial charge in [0, 0.05) is 32.1 Å². The van der Waals surface area contributed by atoms with Crippen LogP contribution in [-0.4, -0.2) is 56.8 Å². The Kier molecular flexibility index (Phi) is 10.3. The van der Waals surface area contributed by atoms with Gasteiger partial charge in [-0.1, -0.05) is 66.7 Å². The molecule has 0 aliphatic carbocycles. The number of rotatable bonds is 13. The first-order valence-corrected chi connectivity index (χ1v) is 15.1. The number of carbonyl (C=O) groups excluding carboxylic acids is 2. The fourth-order valence-electron chi connectivity index (χ4n) is 4.70. The lowest BCUT2D eigenvalue weighted by Crippen LogP contribution is -2.53. The average Bonchev–Trinajstić information content (AvgIpc) is 3.05. The lowest BCUT2D eigenvalue weighted by atomic mass is 10.0. The Morgan fingerprint density at radius 3 is 2.16 bits per heavy atom. The maximum atomic E-state index is 14.3. The minimum absolute atomic E-state index is 0.0465. The second-order valence-corrected chi connectivity index (χ2v) is 11.7. The van der Waals surface area contributed by atoms with Crippen LogP contribution in [0.2, 0.25) is 0 Å². The first-order chi connectivity index (χ1) is 21.1. The molecule has 0 aliphatic rings. The van der Waals surface area contributed by atoms with E-state index >= 15 is 0 Å². The van der Waals surface area contributed by atoms with Gasteiger partial charge in [0.05, 0.1) is 22.6 Å². The summed E-state index contributed by atoms with van der Waals surface area (Å²) in [4.78, 5) is 39.8. The molecule has 1 N–H and O–H groups in total. The van der Waals surface area contributed by atoms with Crippen LogP contribution < -0.4 is 14.4 Å². The summed E-state index contributed by atoms with van der Waals surface area (Å²) in [5.41, 5.74) is 1.02. The van der Waals surface area contributed by atoms with Crippen molar-refractivity contribution in [2.75, 3.05) is 25.0 Å². The van der Waals surface area contributed by atoms with Crippen LogP contribution in [0.15, 0.2) is 114 Å². The summed E-state index contributed by atoms with van der Waals surface area (Å²) in [5, 5.41) is 14.2. The van der Waals surface area contributed by atoms with Crippen LogP contribution in [0.4, 0.5) is 11.4 Å². The van der Waals surface area contributed by atoms with Gasteiger partial charge in [-0.15, -0.1) is 0 Å². The molecule has 44 heavy (non-hydrogen) atoms. The molecule has 1 atom stereocenters. The third-order valence-electron chi connectivity index (χ3n) is 6.94. The Hall–Kier alpha value is -5.23. The van der Waals surface area contributed by atoms with E-state index in [-0.39, 0.29) is 29.2 Å². The van der Waals surface area contributed by atoms with Gasteiger partial charge in [0.25, 0.3) is 15.7 Å². The van der Waals surface area contributed by atoms with Gasteiger partial charge in [0.2, 0.25) is 11.8 Å². The van der Waals surface area contributed by atoms with Crippen LogP contribution in [0.25, 0.3) is 0 Å². The Labute approximate surface area is 255 Å². The molecular formula is C32H32N4O7S. The molecule has 0 heterocycles. The van der Waals surface area contributed by atoms with Crippen LogP contribution in [0, 0.1) is 10.1 Å². The predicted octanol–water partition coefficient (Wildman–Crippen LogP) is 4.18. The number of likely N-dealkylation sites (N-methyl/N-ethyl adjacent to an activating group) is 1. The van der Waals surface area contributed by atoms with Crippen molar-refractivity contribution >= 4 is 33.2 Å². The fraction of sp³-hybridized carbons (Fsp3) is 0.188. The third kappa shape index (κ3) is 7.58. The Morgan fingerprint density at radius 1 is 0.886 bits per heavy atom. The summed E-state index contributed by atoms with van der Waals surface area (Å²) in [7, 11) is -1.40. The quantitative estimate of drug-likeness (QED) is 0.176. The van der Waals surface area contributed by atoms with E-state index in [1.165, 1.54) is 61.5 Å². The molecule has 4 aromatic rings. The van der Waals surface area contributed by atoms with Crippen molar-refractivity contribution < 1.29 is 27.7 Å². The largest absolute Gasteiger partial charge is 0.497 e. The first-order valence-electron chi connectivity index (χ1n) is 13.6. The monoisotopic (exact) mass is 616 g/mol. The number of non-ortho nitro benzene ring substituents is 1. The van der Waals surface area contributed by atoms with Crippen molar-refractivity contribution in [2.45, 2.75) is 23.9 Å². The Bertz CT molecular complexity index is 1720. The number of nitro groups is 1. The maximum Gasteiger partial charge on any atom is 0.271 e. The molecule has 11 nitrogen and oxygen atoms in total. The van der Waals surface area contributed by atoms with E-state index in [1.54, 1.807) is 30.3 Å². The summed E-state index contributed by atoms with van der Waals surface area (Å²) < 4.78 is 34.1. The number of methoxy groups -OCH3 is 1. The number of carbonyl (C=O) groups is 2. The van der Waals surface area contributed by atoms with E-state index in [4.69, 9.17) is 4.74 Å². The number of nitro benzene ring substituents is 1. The lowest BCUT2D eigenvalue weighted by molar-refractivity contribution is -0.384. The third-order valence-corrected chi connectivity index (χ3v) is 8.73. The van der Waals surface area contributed by atoms with Crippen molar-refractivity contribution in [1.29, 1.82) is 0 Å². The van der Waals surface area contributed by atoms with Gasteiger partial charge in [-0.2, -0.15) is 0 Å². The fourth-order valence-corrected chi connectivity index (χ4v) is 6.13. The van der Waals surface area contributed by atoms with Gasteiger partial charge in [-0.05, 0) is 41.5 Å². The molecule has 4 rings (SSSR count). The molecule has 0 unspecified atom stereocenters. The van der Waals surface area contributed by atoms with E-state index in [0.29, 0.717) is 11.3 Å². The van der Waals surface area contributed by atoms with Crippen molar-refractivity contribution in [1.82, 2.24) is 10.2 Å². The van der Waals surface area contributed by atoms with E-state index in [1.807, 2.05) is 30.3 Å². The van der Waals surface area contributed by atoms with Gasteiger partial charge in [-0.3, -0.25) is 24.0 Å². The zero-order chi connectivity index (χ0) is 31.7. The molecule has 228 valence electrons. The number of nitrogens with zero attached hydrogens (tertiary/aromatic N) is 3. The van der Waals surface area contributed by atoms with Crippen molar-refractivity contribution in [3.8, 4) is 5.75 Å². The average molecular weight is 617 g/mol. The number of nitrogens with one attached hydrogen (secondary N) is 1. The SMILES string of the molecule is CNC(=O)[C@H](Cc1ccccc1)N(Cc1cccc(OC)c1)C(=O)CN(c1cccc([N+](=O)[O-])c1)S(=O)(=O)c1ccccc1. The Balaban J connectivity index is 1.82. The molecule has 0 aromatic heterocycles. The van der Waals surface area contributed by atoms with Gasteiger partial charge in [-0.25, -0.2) is 8.42 Å². The zero-order valence-corrected chi connectivity index (χ0v) is 25.0. The molecule has 0 fully saturated rings. The van der Waals surface area contributed by atoms with Gasteiger partial charge < -0.3 is 15.0 Å². The highest BCUT2D eigenvalue weighted by atomic mass is 32.2. The van der Waals surface area contributed by atoms with Gasteiger partial charge >= 0.3 is 0 Å². The zero-order valence-electron chi connectivity index (χ0n) is 24.2. The molecule has 2 amide bonds. The van der Waals surface area contributed by atoms with Crippen LogP contribution in [0.1, 0.15) is 11.1 Å². The summed E-state index contributed by atoms with van der Waals surface area (Å²) >= 11 is 0. The molecule has 12 heteroatoms. The summed E-state index contributed by atoms with van der Waals surface area (Å²) in [6.07, 6.45) is 0.151. The number of ether oxygens (including phenoxy) is 1. The number of anilines is 1. The Morgan fingerprint density at radius 2 is 1.52 bits per heavy atom. The molecule has 0 saturated heterocycles. The second kappa shape index (κ2) is 14.3. The van der Waals surface area contributed by atoms with Crippen molar-refractivity contribution in [2.24, 2.45) is 0 Å². The van der Waals surface area contributed by atoms with E-state index < -0.39 is 39.3 Å². The van der Waals surface area contributed by atoms with Crippen molar-refractivity contribution in [3.63, 3.8) is 0 Å². The van der Waals surface area contributed by atoms with E-state index in [2.05, 4.69) is 5.32 Å².